The van der Waals surface area contributed by atoms with E-state index in [1.807, 2.05) is 183 Å². The molecule has 23 heterocycles. The van der Waals surface area contributed by atoms with E-state index >= 15 is 0 Å². The van der Waals surface area contributed by atoms with E-state index in [2.05, 4.69) is 116 Å². The first kappa shape index (κ1) is 95.7. The highest BCUT2D eigenvalue weighted by Gasteiger charge is 2.25. The van der Waals surface area contributed by atoms with E-state index in [1.165, 1.54) is 22.6 Å². The number of hydrogen-bond donors (Lipinski definition) is 3. The molecule has 1 aromatic carbocycles. The van der Waals surface area contributed by atoms with Gasteiger partial charge in [-0.3, -0.25) is 55.8 Å². The first-order valence-electron chi connectivity index (χ1n) is 48.2. The Balaban J connectivity index is 0.000000110. The molecule has 0 amide bonds. The third kappa shape index (κ3) is 20.4. The highest BCUT2D eigenvalue weighted by Crippen LogP contribution is 2.35. The number of imidazole rings is 4. The van der Waals surface area contributed by atoms with Crippen LogP contribution in [0.3, 0.4) is 0 Å². The topological polar surface area (TPSA) is 309 Å². The smallest absolute Gasteiger partial charge is 0.258 e. The fraction of sp³-hybridized carbons (Fsp3) is 0.266. The van der Waals surface area contributed by atoms with Crippen molar-refractivity contribution in [1.29, 1.82) is 0 Å². The number of pyridine rings is 9. The third-order valence-electron chi connectivity index (χ3n) is 26.7. The Labute approximate surface area is 830 Å². The van der Waals surface area contributed by atoms with Gasteiger partial charge in [-0.15, -0.1) is 0 Å². The molecule has 0 spiro atoms. The molecule has 24 rings (SSSR count). The molecular weight excluding hydrogens is 1840 g/mol. The molecule has 5 aliphatic heterocycles. The number of rotatable bonds is 14. The van der Waals surface area contributed by atoms with Gasteiger partial charge in [0.05, 0.1) is 81.9 Å². The van der Waals surface area contributed by atoms with Crippen LogP contribution in [0.15, 0.2) is 262 Å². The Kier molecular flexibility index (Phi) is 27.2. The molecule has 0 aliphatic carbocycles. The summed E-state index contributed by atoms with van der Waals surface area (Å²) in [7, 11) is 3.21. The minimum atomic E-state index is -0.441. The van der Waals surface area contributed by atoms with Crippen LogP contribution in [-0.2, 0) is 0 Å². The number of methoxy groups -OCH3 is 2. The molecule has 3 N–H and O–H groups in total. The molecular formula is C109H108ClF2N25O7. The second kappa shape index (κ2) is 41.0. The summed E-state index contributed by atoms with van der Waals surface area (Å²) < 4.78 is 54.6. The summed E-state index contributed by atoms with van der Waals surface area (Å²) in [4.78, 5) is 114. The van der Waals surface area contributed by atoms with Crippen molar-refractivity contribution in [2.45, 2.75) is 86.7 Å². The minimum absolute atomic E-state index is 0.0594. The number of aryl methyl sites for hydroxylation is 4. The van der Waals surface area contributed by atoms with Gasteiger partial charge in [0, 0.05) is 223 Å². The van der Waals surface area contributed by atoms with Crippen molar-refractivity contribution in [2.75, 3.05) is 116 Å². The van der Waals surface area contributed by atoms with Gasteiger partial charge in [0.15, 0.2) is 40.1 Å². The van der Waals surface area contributed by atoms with E-state index in [-0.39, 0.29) is 33.4 Å². The molecule has 35 heteroatoms. The summed E-state index contributed by atoms with van der Waals surface area (Å²) in [6.07, 6.45) is 32.9. The maximum atomic E-state index is 14.5. The van der Waals surface area contributed by atoms with Crippen LogP contribution in [0.1, 0.15) is 86.8 Å². The van der Waals surface area contributed by atoms with Crippen molar-refractivity contribution in [3.05, 3.63) is 347 Å². The van der Waals surface area contributed by atoms with Crippen LogP contribution >= 0.6 is 11.6 Å². The molecule has 2 fully saturated rings. The van der Waals surface area contributed by atoms with Crippen LogP contribution in [0.4, 0.5) is 20.2 Å². The largest absolute Gasteiger partial charge is 0.493 e. The molecule has 18 aromatic heterocycles. The second-order valence-corrected chi connectivity index (χ2v) is 37.5. The quantitative estimate of drug-likeness (QED) is 0.0911. The molecule has 0 radical (unpaired) electrons. The van der Waals surface area contributed by atoms with Crippen molar-refractivity contribution in [3.63, 3.8) is 0 Å². The van der Waals surface area contributed by atoms with Gasteiger partial charge in [0.2, 0.25) is 0 Å². The summed E-state index contributed by atoms with van der Waals surface area (Å²) in [6.45, 7) is 29.4. The Bertz CT molecular complexity index is 8440. The number of aromatic nitrogens is 18. The molecule has 32 nitrogen and oxygen atoms in total. The monoisotopic (exact) mass is 1950 g/mol. The third-order valence-corrected chi connectivity index (χ3v) is 27.0. The SMILES string of the molecule is COc1ccc(-c2ccc3nc(C4=CCNCC4)cc(=O)n3c2)cc1OC.Cc1cn2cc(-c3cc(=O)n4cc(N5CCN(C(C)C)CC5)ccc4n3)cc(Cl)c2n1.Cc1cn2cc(-c3cc(=O)n4cc(N5CCN(C(C)C)CC5)ccc4n3)cc(F)c2n1.Cc1cn2cc(-c3ccc4nc(C5=CCNCC5)cc(=O)n4c3)cc(F)c2n1.Cc1cn2cc(-c3ccc4nc(C5=CCNCC5)cc(=O)n4c3)ccc2n1. The van der Waals surface area contributed by atoms with Gasteiger partial charge in [-0.1, -0.05) is 35.9 Å². The summed E-state index contributed by atoms with van der Waals surface area (Å²) >= 11 is 6.42. The van der Waals surface area contributed by atoms with Gasteiger partial charge >= 0.3 is 0 Å². The lowest BCUT2D eigenvalue weighted by atomic mass is 10.1. The van der Waals surface area contributed by atoms with Crippen LogP contribution < -0.4 is 63.0 Å². The molecule has 0 saturated carbocycles. The fourth-order valence-electron chi connectivity index (χ4n) is 19.0. The van der Waals surface area contributed by atoms with E-state index in [0.717, 1.165) is 218 Å². The molecule has 2 saturated heterocycles. The lowest BCUT2D eigenvalue weighted by molar-refractivity contribution is 0.209. The van der Waals surface area contributed by atoms with Crippen molar-refractivity contribution in [1.82, 2.24) is 110 Å². The van der Waals surface area contributed by atoms with Gasteiger partial charge in [-0.05, 0) is 231 Å². The standard InChI is InChI=1S/C23H25ClN6O.C23H25FN6O.C21H18FN5O.C21H19N5O.C21H21N3O3/c2*1-15(2)27-6-8-28(9-7-27)18-4-5-21-26-20(11-22(31)30(21)14-18)17-10-19(24)23-25-16(3)12-29(23)13-17;1-13-10-26-11-16(8-17(22)21(26)24-13)15-2-3-19-25-18(9-20(28)27(19)12-15)14-4-6-23-7-5-14;1-14-11-25-12-16(2-4-19(25)23-14)17-3-5-20-24-18(10-21(27)26(20)13-17)15-6-8-22-9-7-15;1-26-18-5-3-15(11-19(18)27-2)16-4-6-20-23-17(12-21(25)24(20)13-16)14-7-9-22-10-8-14/h2*4-5,10-15H,6-9H2,1-3H3;2-4,8-12,23H,5-7H2,1H3;2-6,10-13,22H,7-9H2,1H3;3-7,11-13,22H,8-10H2,1-2H3. The molecule has 0 atom stereocenters. The second-order valence-electron chi connectivity index (χ2n) is 37.1. The number of fused-ring (bicyclic) bond motifs is 9. The van der Waals surface area contributed by atoms with Gasteiger partial charge in [0.1, 0.15) is 33.9 Å². The number of hydrogen-bond acceptors (Lipinski definition) is 23. The number of piperazine rings is 2. The zero-order valence-corrected chi connectivity index (χ0v) is 82.3. The summed E-state index contributed by atoms with van der Waals surface area (Å²) in [6, 6.07) is 42.5. The molecule has 732 valence electrons. The summed E-state index contributed by atoms with van der Waals surface area (Å²) in [5.41, 5.74) is 23.2. The molecule has 0 bridgehead atoms. The highest BCUT2D eigenvalue weighted by atomic mass is 35.5. The van der Waals surface area contributed by atoms with E-state index < -0.39 is 11.6 Å². The number of ether oxygens (including phenoxy) is 2. The Hall–Kier alpha value is -15.9. The van der Waals surface area contributed by atoms with E-state index in [1.54, 1.807) is 95.7 Å². The fourth-order valence-corrected chi connectivity index (χ4v) is 19.3. The number of anilines is 2. The zero-order valence-electron chi connectivity index (χ0n) is 81.5. The Morgan fingerprint density at radius 3 is 1.06 bits per heavy atom. The average molecular weight is 1950 g/mol. The Morgan fingerprint density at radius 2 is 0.639 bits per heavy atom. The van der Waals surface area contributed by atoms with E-state index in [9.17, 15) is 32.8 Å². The van der Waals surface area contributed by atoms with Gasteiger partial charge in [-0.2, -0.15) is 0 Å². The first-order chi connectivity index (χ1) is 69.7. The van der Waals surface area contributed by atoms with Crippen molar-refractivity contribution >= 4 is 90.5 Å². The summed E-state index contributed by atoms with van der Waals surface area (Å²) in [5, 5.41) is 10.3. The molecule has 0 unspecified atom stereocenters. The van der Waals surface area contributed by atoms with E-state index in [4.69, 9.17) is 31.0 Å². The van der Waals surface area contributed by atoms with Gasteiger partial charge in [-0.25, -0.2) is 53.6 Å². The highest BCUT2D eigenvalue weighted by molar-refractivity contribution is 6.33. The van der Waals surface area contributed by atoms with Gasteiger partial charge < -0.3 is 52.8 Å². The number of nitrogens with one attached hydrogen (secondary N) is 3. The lowest BCUT2D eigenvalue weighted by Crippen LogP contribution is -2.49. The minimum Gasteiger partial charge on any atom is -0.493 e. The molecule has 19 aromatic rings. The van der Waals surface area contributed by atoms with Crippen molar-refractivity contribution in [2.24, 2.45) is 0 Å². The Morgan fingerprint density at radius 1 is 0.312 bits per heavy atom. The van der Waals surface area contributed by atoms with Crippen LogP contribution in [0.2, 0.25) is 5.02 Å². The van der Waals surface area contributed by atoms with Crippen LogP contribution in [-0.4, -0.2) is 212 Å². The van der Waals surface area contributed by atoms with Crippen LogP contribution in [0.25, 0.3) is 123 Å². The van der Waals surface area contributed by atoms with Crippen molar-refractivity contribution < 1.29 is 18.3 Å². The number of halogens is 3. The maximum absolute atomic E-state index is 14.5. The maximum Gasteiger partial charge on any atom is 0.258 e. The zero-order chi connectivity index (χ0) is 99.8. The van der Waals surface area contributed by atoms with Crippen molar-refractivity contribution in [3.8, 4) is 67.4 Å². The molecule has 144 heavy (non-hydrogen) atoms. The van der Waals surface area contributed by atoms with E-state index in [0.29, 0.717) is 90.7 Å². The average Bonchev–Trinajstić information content (AvgIpc) is 1.28. The van der Waals surface area contributed by atoms with Crippen LogP contribution in [0, 0.1) is 39.3 Å². The predicted octanol–water partition coefficient (Wildman–Crippen LogP) is 14.8. The summed E-state index contributed by atoms with van der Waals surface area (Å²) in [5.74, 6) is 0.474. The van der Waals surface area contributed by atoms with Gasteiger partial charge in [0.25, 0.3) is 27.8 Å². The first-order valence-corrected chi connectivity index (χ1v) is 48.6. The number of benzene rings is 1. The predicted molar refractivity (Wildman–Crippen MR) is 561 cm³/mol. The lowest BCUT2D eigenvalue weighted by Gasteiger charge is -2.38. The normalized spacial score (nSPS) is 14.9. The molecule has 5 aliphatic rings. The number of nitrogens with zero attached hydrogens (tertiary/aromatic N) is 22. The van der Waals surface area contributed by atoms with Crippen LogP contribution in [0.5, 0.6) is 11.5 Å².